The van der Waals surface area contributed by atoms with E-state index in [-0.39, 0.29) is 30.2 Å². The molecule has 2 aromatic carbocycles. The number of aryl methyl sites for hydroxylation is 3. The first-order valence-electron chi connectivity index (χ1n) is 11.7. The van der Waals surface area contributed by atoms with Gasteiger partial charge < -0.3 is 10.2 Å². The second kappa shape index (κ2) is 8.97. The van der Waals surface area contributed by atoms with Crippen molar-refractivity contribution in [3.8, 4) is 0 Å². The number of nitrogens with one attached hydrogen (secondary N) is 1. The van der Waals surface area contributed by atoms with Gasteiger partial charge in [-0.2, -0.15) is 31.1 Å². The molecule has 0 saturated carbocycles. The number of hydrogen-bond donors (Lipinski definition) is 1. The van der Waals surface area contributed by atoms with Crippen LogP contribution in [0.3, 0.4) is 0 Å². The van der Waals surface area contributed by atoms with E-state index in [0.717, 1.165) is 49.1 Å². The van der Waals surface area contributed by atoms with Gasteiger partial charge in [0, 0.05) is 18.8 Å². The average molecular weight is 510 g/mol. The van der Waals surface area contributed by atoms with Gasteiger partial charge in [-0.25, -0.2) is 0 Å². The van der Waals surface area contributed by atoms with Crippen LogP contribution >= 0.6 is 0 Å². The number of aromatic nitrogens is 4. The maximum absolute atomic E-state index is 13.5. The minimum Gasteiger partial charge on any atom is -0.385 e. The molecular weight excluding hydrogens is 486 g/mol. The molecule has 1 aliphatic carbocycles. The largest absolute Gasteiger partial charge is 0.416 e. The van der Waals surface area contributed by atoms with Crippen molar-refractivity contribution < 1.29 is 26.3 Å². The van der Waals surface area contributed by atoms with E-state index in [2.05, 4.69) is 32.9 Å². The Morgan fingerprint density at radius 1 is 0.944 bits per heavy atom. The molecular formula is C24H24F6N6. The van der Waals surface area contributed by atoms with Gasteiger partial charge in [0.15, 0.2) is 0 Å². The normalized spacial score (nSPS) is 17.8. The Labute approximate surface area is 203 Å². The van der Waals surface area contributed by atoms with Crippen LogP contribution in [0.15, 0.2) is 30.3 Å². The molecule has 0 amide bonds. The lowest BCUT2D eigenvalue weighted by Crippen LogP contribution is -2.30. The van der Waals surface area contributed by atoms with Crippen molar-refractivity contribution in [3.63, 3.8) is 0 Å². The molecule has 0 saturated heterocycles. The Morgan fingerprint density at radius 3 is 2.22 bits per heavy atom. The molecule has 12 heteroatoms. The molecule has 2 aliphatic rings. The van der Waals surface area contributed by atoms with Gasteiger partial charge in [-0.3, -0.25) is 0 Å². The van der Waals surface area contributed by atoms with Crippen LogP contribution in [-0.2, 0) is 38.8 Å². The summed E-state index contributed by atoms with van der Waals surface area (Å²) in [6.45, 7) is 0.450. The van der Waals surface area contributed by atoms with Gasteiger partial charge in [-0.1, -0.05) is 11.2 Å². The van der Waals surface area contributed by atoms with Crippen LogP contribution in [0, 0.1) is 0 Å². The SMILES string of the molecule is Cn1nnc(N(Cc2cc(C(F)(F)F)cc(C(F)(F)F)c2)C2CCCNc3cc4c(cc32)CCC4)n1. The van der Waals surface area contributed by atoms with Crippen molar-refractivity contribution in [1.82, 2.24) is 20.2 Å². The number of fused-ring (bicyclic) bond motifs is 2. The summed E-state index contributed by atoms with van der Waals surface area (Å²) in [5, 5.41) is 15.6. The number of nitrogens with zero attached hydrogens (tertiary/aromatic N) is 5. The smallest absolute Gasteiger partial charge is 0.385 e. The molecule has 0 fully saturated rings. The number of tetrazole rings is 1. The Bertz CT molecular complexity index is 1230. The predicted molar refractivity (Wildman–Crippen MR) is 120 cm³/mol. The third kappa shape index (κ3) is 4.85. The highest BCUT2D eigenvalue weighted by atomic mass is 19.4. The molecule has 1 N–H and O–H groups in total. The second-order valence-corrected chi connectivity index (χ2v) is 9.27. The van der Waals surface area contributed by atoms with Gasteiger partial charge >= 0.3 is 12.4 Å². The summed E-state index contributed by atoms with van der Waals surface area (Å²) in [7, 11) is 1.55. The number of benzene rings is 2. The van der Waals surface area contributed by atoms with Gasteiger partial charge in [-0.05, 0) is 83.8 Å². The maximum Gasteiger partial charge on any atom is 0.416 e. The molecule has 0 radical (unpaired) electrons. The van der Waals surface area contributed by atoms with Gasteiger partial charge in [-0.15, -0.1) is 5.10 Å². The highest BCUT2D eigenvalue weighted by Crippen LogP contribution is 2.41. The lowest BCUT2D eigenvalue weighted by molar-refractivity contribution is -0.143. The zero-order valence-electron chi connectivity index (χ0n) is 19.4. The topological polar surface area (TPSA) is 58.9 Å². The fraction of sp³-hybridized carbons (Fsp3) is 0.458. The minimum absolute atomic E-state index is 0.135. The van der Waals surface area contributed by atoms with Gasteiger partial charge in [0.2, 0.25) is 0 Å². The van der Waals surface area contributed by atoms with Crippen LogP contribution < -0.4 is 10.2 Å². The average Bonchev–Trinajstić information content (AvgIpc) is 3.39. The summed E-state index contributed by atoms with van der Waals surface area (Å²) in [6, 6.07) is 5.52. The number of rotatable bonds is 4. The third-order valence-electron chi connectivity index (χ3n) is 6.72. The van der Waals surface area contributed by atoms with E-state index < -0.39 is 23.5 Å². The number of halogens is 6. The molecule has 36 heavy (non-hydrogen) atoms. The van der Waals surface area contributed by atoms with E-state index >= 15 is 0 Å². The van der Waals surface area contributed by atoms with Crippen molar-refractivity contribution in [2.45, 2.75) is 57.0 Å². The lowest BCUT2D eigenvalue weighted by Gasteiger charge is -2.32. The summed E-state index contributed by atoms with van der Waals surface area (Å²) in [5.74, 6) is 0.141. The predicted octanol–water partition coefficient (Wildman–Crippen LogP) is 5.69. The zero-order valence-corrected chi connectivity index (χ0v) is 19.4. The number of alkyl halides is 6. The van der Waals surface area contributed by atoms with Crippen LogP contribution in [-0.4, -0.2) is 26.8 Å². The van der Waals surface area contributed by atoms with Gasteiger partial charge in [0.25, 0.3) is 5.95 Å². The first-order chi connectivity index (χ1) is 17.0. The first kappa shape index (κ1) is 24.4. The summed E-state index contributed by atoms with van der Waals surface area (Å²) in [4.78, 5) is 2.88. The van der Waals surface area contributed by atoms with Crippen LogP contribution in [0.2, 0.25) is 0 Å². The number of anilines is 2. The number of hydrogen-bond acceptors (Lipinski definition) is 5. The van der Waals surface area contributed by atoms with E-state index in [1.807, 2.05) is 0 Å². The summed E-state index contributed by atoms with van der Waals surface area (Å²) < 4.78 is 81.0. The molecule has 5 rings (SSSR count). The molecule has 1 aliphatic heterocycles. The molecule has 192 valence electrons. The van der Waals surface area contributed by atoms with E-state index in [0.29, 0.717) is 13.0 Å². The van der Waals surface area contributed by atoms with Crippen molar-refractivity contribution in [3.05, 3.63) is 63.7 Å². The van der Waals surface area contributed by atoms with E-state index in [1.54, 1.807) is 11.9 Å². The Kier molecular flexibility index (Phi) is 6.08. The monoisotopic (exact) mass is 510 g/mol. The fourth-order valence-electron chi connectivity index (χ4n) is 5.09. The van der Waals surface area contributed by atoms with E-state index in [1.165, 1.54) is 15.9 Å². The molecule has 0 spiro atoms. The van der Waals surface area contributed by atoms with Crippen LogP contribution in [0.1, 0.15) is 58.7 Å². The van der Waals surface area contributed by atoms with Crippen molar-refractivity contribution in [2.75, 3.05) is 16.8 Å². The summed E-state index contributed by atoms with van der Waals surface area (Å²) in [6.07, 6.45) is -5.53. The summed E-state index contributed by atoms with van der Waals surface area (Å²) in [5.41, 5.74) is 1.51. The molecule has 3 aromatic rings. The third-order valence-corrected chi connectivity index (χ3v) is 6.72. The van der Waals surface area contributed by atoms with E-state index in [9.17, 15) is 26.3 Å². The lowest BCUT2D eigenvalue weighted by atomic mass is 9.95. The van der Waals surface area contributed by atoms with Crippen molar-refractivity contribution >= 4 is 11.6 Å². The van der Waals surface area contributed by atoms with Crippen LogP contribution in [0.5, 0.6) is 0 Å². The molecule has 2 heterocycles. The highest BCUT2D eigenvalue weighted by molar-refractivity contribution is 5.60. The quantitative estimate of drug-likeness (QED) is 0.457. The van der Waals surface area contributed by atoms with Gasteiger partial charge in [0.05, 0.1) is 24.2 Å². The maximum atomic E-state index is 13.5. The second-order valence-electron chi connectivity index (χ2n) is 9.27. The standard InChI is InChI=1S/C24H24F6N6/c1-35-33-22(32-34-35)36(13-14-8-17(23(25,26)27)12-18(9-14)24(28,29)30)21-6-3-7-31-20-11-16-5-2-4-15(16)10-19(20)21/h8-12,21,31H,2-7,13H2,1H3. The summed E-state index contributed by atoms with van der Waals surface area (Å²) >= 11 is 0. The molecule has 6 nitrogen and oxygen atoms in total. The van der Waals surface area contributed by atoms with E-state index in [4.69, 9.17) is 0 Å². The Balaban J connectivity index is 1.61. The molecule has 1 unspecified atom stereocenters. The first-order valence-corrected chi connectivity index (χ1v) is 11.7. The Morgan fingerprint density at radius 2 is 1.61 bits per heavy atom. The van der Waals surface area contributed by atoms with Crippen LogP contribution in [0.25, 0.3) is 0 Å². The van der Waals surface area contributed by atoms with Gasteiger partial charge in [0.1, 0.15) is 0 Å². The molecule has 1 aromatic heterocycles. The molecule has 1 atom stereocenters. The zero-order chi connectivity index (χ0) is 25.7. The minimum atomic E-state index is -4.93. The Hall–Kier alpha value is -3.31. The molecule has 0 bridgehead atoms. The van der Waals surface area contributed by atoms with Crippen molar-refractivity contribution in [2.24, 2.45) is 7.05 Å². The fourth-order valence-corrected chi connectivity index (χ4v) is 5.09. The van der Waals surface area contributed by atoms with Crippen LogP contribution in [0.4, 0.5) is 38.0 Å². The highest BCUT2D eigenvalue weighted by Gasteiger charge is 2.38. The van der Waals surface area contributed by atoms with Crippen molar-refractivity contribution in [1.29, 1.82) is 0 Å².